The zero-order chi connectivity index (χ0) is 12.0. The van der Waals surface area contributed by atoms with Gasteiger partial charge in [0.05, 0.1) is 6.61 Å². The number of benzene rings is 1. The summed E-state index contributed by atoms with van der Waals surface area (Å²) in [5.41, 5.74) is 1.74. The average molecular weight is 220 g/mol. The molecule has 1 aromatic rings. The van der Waals surface area contributed by atoms with E-state index in [4.69, 9.17) is 9.84 Å². The van der Waals surface area contributed by atoms with Crippen molar-refractivity contribution in [2.45, 2.75) is 20.3 Å². The van der Waals surface area contributed by atoms with Crippen molar-refractivity contribution in [3.8, 4) is 5.75 Å². The van der Waals surface area contributed by atoms with Crippen molar-refractivity contribution in [1.82, 2.24) is 0 Å². The maximum Gasteiger partial charge on any atom is 0.328 e. The van der Waals surface area contributed by atoms with Gasteiger partial charge >= 0.3 is 5.97 Å². The van der Waals surface area contributed by atoms with Crippen LogP contribution in [0, 0.1) is 0 Å². The number of aliphatic carboxylic acids is 1. The summed E-state index contributed by atoms with van der Waals surface area (Å²) in [5, 5.41) is 8.71. The molecule has 1 aromatic carbocycles. The molecule has 0 aliphatic carbocycles. The smallest absolute Gasteiger partial charge is 0.328 e. The molecule has 0 fully saturated rings. The van der Waals surface area contributed by atoms with Crippen LogP contribution in [0.15, 0.2) is 30.3 Å². The molecule has 0 saturated carbocycles. The van der Waals surface area contributed by atoms with E-state index in [2.05, 4.69) is 0 Å². The first kappa shape index (κ1) is 12.3. The summed E-state index contributed by atoms with van der Waals surface area (Å²) >= 11 is 0. The maximum absolute atomic E-state index is 10.6. The quantitative estimate of drug-likeness (QED) is 0.776. The van der Waals surface area contributed by atoms with Crippen LogP contribution in [0.4, 0.5) is 0 Å². The van der Waals surface area contributed by atoms with E-state index >= 15 is 0 Å². The van der Waals surface area contributed by atoms with Gasteiger partial charge in [-0.25, -0.2) is 4.79 Å². The molecule has 0 amide bonds. The minimum Gasteiger partial charge on any atom is -0.494 e. The maximum atomic E-state index is 10.6. The van der Waals surface area contributed by atoms with Crippen LogP contribution >= 0.6 is 0 Å². The summed E-state index contributed by atoms with van der Waals surface area (Å²) in [6.45, 7) is 4.49. The number of hydrogen-bond acceptors (Lipinski definition) is 2. The van der Waals surface area contributed by atoms with Crippen LogP contribution in [-0.4, -0.2) is 17.7 Å². The molecule has 3 nitrogen and oxygen atoms in total. The highest BCUT2D eigenvalue weighted by Crippen LogP contribution is 2.21. The summed E-state index contributed by atoms with van der Waals surface area (Å²) in [6, 6.07) is 7.46. The van der Waals surface area contributed by atoms with E-state index in [1.165, 1.54) is 6.08 Å². The number of carbonyl (C=O) groups is 1. The van der Waals surface area contributed by atoms with Gasteiger partial charge in [0.2, 0.25) is 0 Å². The normalized spacial score (nSPS) is 11.2. The van der Waals surface area contributed by atoms with Crippen molar-refractivity contribution in [2.24, 2.45) is 0 Å². The molecule has 0 spiro atoms. The lowest BCUT2D eigenvalue weighted by Crippen LogP contribution is -1.93. The third-order valence-electron chi connectivity index (χ3n) is 2.21. The fraction of sp³-hybridized carbons (Fsp3) is 0.308. The van der Waals surface area contributed by atoms with E-state index < -0.39 is 5.97 Å². The molecule has 3 heteroatoms. The molecule has 0 aliphatic rings. The van der Waals surface area contributed by atoms with E-state index in [1.54, 1.807) is 0 Å². The summed E-state index contributed by atoms with van der Waals surface area (Å²) in [4.78, 5) is 10.6. The predicted molar refractivity (Wildman–Crippen MR) is 63.5 cm³/mol. The number of ether oxygens (including phenoxy) is 1. The number of carboxylic acid groups (broad SMARTS) is 1. The predicted octanol–water partition coefficient (Wildman–Crippen LogP) is 2.96. The number of allylic oxidation sites excluding steroid dienone is 1. The number of rotatable bonds is 5. The highest BCUT2D eigenvalue weighted by Gasteiger charge is 2.02. The van der Waals surface area contributed by atoms with Gasteiger partial charge in [0, 0.05) is 6.08 Å². The third-order valence-corrected chi connectivity index (χ3v) is 2.21. The highest BCUT2D eigenvalue weighted by atomic mass is 16.5. The average Bonchev–Trinajstić information content (AvgIpc) is 2.27. The second-order valence-electron chi connectivity index (χ2n) is 3.32. The first-order valence-electron chi connectivity index (χ1n) is 5.34. The van der Waals surface area contributed by atoms with Gasteiger partial charge in [0.25, 0.3) is 0 Å². The van der Waals surface area contributed by atoms with Crippen molar-refractivity contribution >= 4 is 11.5 Å². The zero-order valence-electron chi connectivity index (χ0n) is 9.56. The lowest BCUT2D eigenvalue weighted by Gasteiger charge is -2.06. The van der Waals surface area contributed by atoms with E-state index in [0.717, 1.165) is 16.9 Å². The van der Waals surface area contributed by atoms with Crippen LogP contribution in [0.5, 0.6) is 5.75 Å². The topological polar surface area (TPSA) is 46.5 Å². The van der Waals surface area contributed by atoms with Gasteiger partial charge in [-0.3, -0.25) is 0 Å². The monoisotopic (exact) mass is 220 g/mol. The molecule has 1 N–H and O–H groups in total. The van der Waals surface area contributed by atoms with Crippen LogP contribution in [-0.2, 0) is 4.79 Å². The van der Waals surface area contributed by atoms with Crippen LogP contribution in [0.1, 0.15) is 25.8 Å². The Balaban J connectivity index is 2.91. The third kappa shape index (κ3) is 3.42. The van der Waals surface area contributed by atoms with Crippen molar-refractivity contribution in [3.63, 3.8) is 0 Å². The van der Waals surface area contributed by atoms with Gasteiger partial charge in [0.1, 0.15) is 5.75 Å². The fourth-order valence-electron chi connectivity index (χ4n) is 1.47. The molecule has 16 heavy (non-hydrogen) atoms. The molecule has 0 radical (unpaired) electrons. The summed E-state index contributed by atoms with van der Waals surface area (Å²) in [7, 11) is 0. The fourth-order valence-corrected chi connectivity index (χ4v) is 1.47. The summed E-state index contributed by atoms with van der Waals surface area (Å²) in [6.07, 6.45) is 1.94. The minimum atomic E-state index is -0.911. The van der Waals surface area contributed by atoms with Crippen LogP contribution < -0.4 is 4.74 Å². The van der Waals surface area contributed by atoms with Crippen LogP contribution in [0.3, 0.4) is 0 Å². The molecule has 0 aromatic heterocycles. The second-order valence-corrected chi connectivity index (χ2v) is 3.32. The van der Waals surface area contributed by atoms with E-state index in [1.807, 2.05) is 38.1 Å². The molecule has 0 bridgehead atoms. The Bertz CT molecular complexity index is 377. The van der Waals surface area contributed by atoms with Gasteiger partial charge < -0.3 is 9.84 Å². The second kappa shape index (κ2) is 5.95. The van der Waals surface area contributed by atoms with Crippen LogP contribution in [0.2, 0.25) is 0 Å². The molecular formula is C13H16O3. The van der Waals surface area contributed by atoms with Crippen LogP contribution in [0.25, 0.3) is 5.57 Å². The lowest BCUT2D eigenvalue weighted by atomic mass is 10.0. The van der Waals surface area contributed by atoms with Gasteiger partial charge in [-0.15, -0.1) is 0 Å². The van der Waals surface area contributed by atoms with Crippen molar-refractivity contribution < 1.29 is 14.6 Å². The summed E-state index contributed by atoms with van der Waals surface area (Å²) < 4.78 is 5.32. The van der Waals surface area contributed by atoms with Gasteiger partial charge in [-0.2, -0.15) is 0 Å². The summed E-state index contributed by atoms with van der Waals surface area (Å²) in [5.74, 6) is -0.109. The van der Waals surface area contributed by atoms with E-state index in [-0.39, 0.29) is 0 Å². The Hall–Kier alpha value is -1.77. The van der Waals surface area contributed by atoms with E-state index in [0.29, 0.717) is 13.0 Å². The Morgan fingerprint density at radius 3 is 2.38 bits per heavy atom. The Kier molecular flexibility index (Phi) is 4.58. The molecule has 0 atom stereocenters. The van der Waals surface area contributed by atoms with Crippen molar-refractivity contribution in [3.05, 3.63) is 35.9 Å². The largest absolute Gasteiger partial charge is 0.494 e. The molecule has 86 valence electrons. The van der Waals surface area contributed by atoms with Crippen molar-refractivity contribution in [1.29, 1.82) is 0 Å². The minimum absolute atomic E-state index is 0.630. The molecule has 0 unspecified atom stereocenters. The Labute approximate surface area is 95.4 Å². The lowest BCUT2D eigenvalue weighted by molar-refractivity contribution is -0.131. The van der Waals surface area contributed by atoms with Gasteiger partial charge in [-0.05, 0) is 36.6 Å². The van der Waals surface area contributed by atoms with Gasteiger partial charge in [-0.1, -0.05) is 19.1 Å². The van der Waals surface area contributed by atoms with Gasteiger partial charge in [0.15, 0.2) is 0 Å². The molecule has 1 rings (SSSR count). The highest BCUT2D eigenvalue weighted by molar-refractivity contribution is 5.89. The Morgan fingerprint density at radius 1 is 1.31 bits per heavy atom. The zero-order valence-corrected chi connectivity index (χ0v) is 9.56. The van der Waals surface area contributed by atoms with Crippen molar-refractivity contribution in [2.75, 3.05) is 6.61 Å². The standard InChI is InChI=1S/C13H16O3/c1-3-10(9-13(14)15)11-5-7-12(8-6-11)16-4-2/h5-9H,3-4H2,1-2H3,(H,14,15)/b10-9+. The molecule has 0 aliphatic heterocycles. The number of hydrogen-bond donors (Lipinski definition) is 1. The SMILES string of the molecule is CCOc1ccc(/C(=C/C(=O)O)CC)cc1. The molecule has 0 heterocycles. The van der Waals surface area contributed by atoms with E-state index in [9.17, 15) is 4.79 Å². The first-order valence-corrected chi connectivity index (χ1v) is 5.34. The molecule has 0 saturated heterocycles. The first-order chi connectivity index (χ1) is 7.67. The number of carboxylic acids is 1. The Morgan fingerprint density at radius 2 is 1.94 bits per heavy atom. The molecular weight excluding hydrogens is 204 g/mol.